The Bertz CT molecular complexity index is 642. The topological polar surface area (TPSA) is 38.7 Å². The number of hydrogen-bond donors (Lipinski definition) is 1. The first-order valence-electron chi connectivity index (χ1n) is 7.05. The summed E-state index contributed by atoms with van der Waals surface area (Å²) >= 11 is 3.44. The molecule has 0 amide bonds. The summed E-state index contributed by atoms with van der Waals surface area (Å²) in [5.41, 5.74) is 1.81. The van der Waals surface area contributed by atoms with Crippen LogP contribution in [0.1, 0.15) is 36.7 Å². The molecule has 0 aromatic heterocycles. The quantitative estimate of drug-likeness (QED) is 0.892. The summed E-state index contributed by atoms with van der Waals surface area (Å²) in [4.78, 5) is 0. The summed E-state index contributed by atoms with van der Waals surface area (Å²) in [6, 6.07) is 13.5. The molecule has 2 aromatic carbocycles. The second-order valence-corrected chi connectivity index (χ2v) is 5.93. The average Bonchev–Trinajstić information content (AvgIpc) is 2.47. The van der Waals surface area contributed by atoms with Crippen molar-refractivity contribution in [2.75, 3.05) is 6.61 Å². The Morgan fingerprint density at radius 3 is 2.86 bits per heavy atom. The number of ether oxygens (including phenoxy) is 2. The van der Waals surface area contributed by atoms with Crippen LogP contribution in [0.3, 0.4) is 0 Å². The van der Waals surface area contributed by atoms with Gasteiger partial charge in [-0.1, -0.05) is 40.2 Å². The van der Waals surface area contributed by atoms with Gasteiger partial charge in [0.2, 0.25) is 0 Å². The van der Waals surface area contributed by atoms with E-state index in [-0.39, 0.29) is 6.10 Å². The van der Waals surface area contributed by atoms with Gasteiger partial charge in [-0.05, 0) is 25.1 Å². The third-order valence-corrected chi connectivity index (χ3v) is 4.10. The Hall–Kier alpha value is -1.52. The number of hydrogen-bond acceptors (Lipinski definition) is 3. The normalized spacial score (nSPS) is 20.5. The van der Waals surface area contributed by atoms with Crippen molar-refractivity contribution in [1.82, 2.24) is 0 Å². The van der Waals surface area contributed by atoms with Crippen LogP contribution in [0.25, 0.3) is 0 Å². The molecule has 0 saturated heterocycles. The van der Waals surface area contributed by atoms with Crippen LogP contribution in [0.5, 0.6) is 11.5 Å². The number of aliphatic hydroxyl groups is 1. The second-order valence-electron chi connectivity index (χ2n) is 5.01. The fourth-order valence-corrected chi connectivity index (χ4v) is 2.98. The third-order valence-electron chi connectivity index (χ3n) is 3.61. The van der Waals surface area contributed by atoms with Gasteiger partial charge in [-0.3, -0.25) is 0 Å². The first kappa shape index (κ1) is 14.4. The van der Waals surface area contributed by atoms with Gasteiger partial charge in [-0.25, -0.2) is 0 Å². The van der Waals surface area contributed by atoms with E-state index in [1.807, 2.05) is 49.4 Å². The van der Waals surface area contributed by atoms with Crippen molar-refractivity contribution in [1.29, 1.82) is 0 Å². The minimum absolute atomic E-state index is 0.204. The lowest BCUT2D eigenvalue weighted by Gasteiger charge is -2.30. The fraction of sp³-hybridized carbons (Fsp3) is 0.294. The predicted octanol–water partition coefficient (Wildman–Crippen LogP) is 4.41. The van der Waals surface area contributed by atoms with Crippen LogP contribution in [0, 0.1) is 0 Å². The van der Waals surface area contributed by atoms with E-state index in [4.69, 9.17) is 9.47 Å². The van der Waals surface area contributed by atoms with Gasteiger partial charge in [0.05, 0.1) is 12.7 Å². The highest BCUT2D eigenvalue weighted by atomic mass is 79.9. The molecule has 2 aromatic rings. The highest BCUT2D eigenvalue weighted by molar-refractivity contribution is 9.10. The Balaban J connectivity index is 1.95. The van der Waals surface area contributed by atoms with Gasteiger partial charge in [0.1, 0.15) is 17.6 Å². The molecule has 1 heterocycles. The molecule has 2 unspecified atom stereocenters. The van der Waals surface area contributed by atoms with Gasteiger partial charge in [0.25, 0.3) is 0 Å². The molecule has 0 spiro atoms. The summed E-state index contributed by atoms with van der Waals surface area (Å²) in [6.07, 6.45) is -0.204. The van der Waals surface area contributed by atoms with E-state index in [0.29, 0.717) is 13.0 Å². The zero-order chi connectivity index (χ0) is 14.8. The number of fused-ring (bicyclic) bond motifs is 1. The maximum atomic E-state index is 10.4. The molecule has 110 valence electrons. The Morgan fingerprint density at radius 2 is 2.05 bits per heavy atom. The van der Waals surface area contributed by atoms with Gasteiger partial charge in [-0.2, -0.15) is 0 Å². The molecule has 1 aliphatic heterocycles. The molecule has 1 aliphatic rings. The molecule has 0 aliphatic carbocycles. The Labute approximate surface area is 132 Å². The number of para-hydroxylation sites is 1. The lowest BCUT2D eigenvalue weighted by molar-refractivity contribution is 0.0642. The highest BCUT2D eigenvalue weighted by Gasteiger charge is 2.29. The fourth-order valence-electron chi connectivity index (χ4n) is 2.64. The van der Waals surface area contributed by atoms with E-state index >= 15 is 0 Å². The van der Waals surface area contributed by atoms with E-state index in [1.165, 1.54) is 0 Å². The number of halogens is 1. The van der Waals surface area contributed by atoms with Crippen LogP contribution < -0.4 is 9.47 Å². The van der Waals surface area contributed by atoms with Crippen LogP contribution in [0.15, 0.2) is 46.9 Å². The Kier molecular flexibility index (Phi) is 4.17. The van der Waals surface area contributed by atoms with E-state index < -0.39 is 6.10 Å². The molecular formula is C17H17BrO3. The van der Waals surface area contributed by atoms with Crippen molar-refractivity contribution in [3.63, 3.8) is 0 Å². The van der Waals surface area contributed by atoms with E-state index in [9.17, 15) is 5.11 Å². The molecule has 21 heavy (non-hydrogen) atoms. The van der Waals surface area contributed by atoms with Crippen LogP contribution >= 0.6 is 15.9 Å². The molecule has 3 nitrogen and oxygen atoms in total. The van der Waals surface area contributed by atoms with Crippen molar-refractivity contribution in [3.05, 3.63) is 58.1 Å². The SMILES string of the molecule is CCOc1ccccc1C1CC(O)c2ccc(Br)cc2O1. The largest absolute Gasteiger partial charge is 0.493 e. The summed E-state index contributed by atoms with van der Waals surface area (Å²) in [5, 5.41) is 10.4. The average molecular weight is 349 g/mol. The van der Waals surface area contributed by atoms with E-state index in [1.54, 1.807) is 0 Å². The maximum absolute atomic E-state index is 10.4. The minimum Gasteiger partial charge on any atom is -0.493 e. The van der Waals surface area contributed by atoms with Gasteiger partial charge in [-0.15, -0.1) is 0 Å². The van der Waals surface area contributed by atoms with Crippen molar-refractivity contribution in [2.45, 2.75) is 25.6 Å². The summed E-state index contributed by atoms with van der Waals surface area (Å²) in [7, 11) is 0. The monoisotopic (exact) mass is 348 g/mol. The minimum atomic E-state index is -0.526. The van der Waals surface area contributed by atoms with Crippen LogP contribution in [0.4, 0.5) is 0 Å². The maximum Gasteiger partial charge on any atom is 0.130 e. The lowest BCUT2D eigenvalue weighted by atomic mass is 9.94. The van der Waals surface area contributed by atoms with E-state index in [0.717, 1.165) is 27.1 Å². The zero-order valence-corrected chi connectivity index (χ0v) is 13.3. The van der Waals surface area contributed by atoms with Gasteiger partial charge in [0.15, 0.2) is 0 Å². The van der Waals surface area contributed by atoms with Gasteiger partial charge < -0.3 is 14.6 Å². The van der Waals surface area contributed by atoms with Crippen molar-refractivity contribution < 1.29 is 14.6 Å². The van der Waals surface area contributed by atoms with Crippen LogP contribution in [-0.4, -0.2) is 11.7 Å². The molecule has 3 rings (SSSR count). The van der Waals surface area contributed by atoms with Crippen LogP contribution in [0.2, 0.25) is 0 Å². The second kappa shape index (κ2) is 6.08. The molecule has 4 heteroatoms. The zero-order valence-electron chi connectivity index (χ0n) is 11.8. The van der Waals surface area contributed by atoms with E-state index in [2.05, 4.69) is 15.9 Å². The summed E-state index contributed by atoms with van der Waals surface area (Å²) in [5.74, 6) is 1.54. The summed E-state index contributed by atoms with van der Waals surface area (Å²) in [6.45, 7) is 2.56. The highest BCUT2D eigenvalue weighted by Crippen LogP contribution is 2.43. The standard InChI is InChI=1S/C17H17BrO3/c1-2-20-15-6-4-3-5-13(15)17-10-14(19)12-8-7-11(18)9-16(12)21-17/h3-9,14,17,19H,2,10H2,1H3. The van der Waals surface area contributed by atoms with Gasteiger partial charge in [0, 0.05) is 22.0 Å². The molecule has 0 bridgehead atoms. The van der Waals surface area contributed by atoms with Crippen molar-refractivity contribution in [2.24, 2.45) is 0 Å². The number of rotatable bonds is 3. The van der Waals surface area contributed by atoms with Crippen molar-refractivity contribution >= 4 is 15.9 Å². The molecule has 0 radical (unpaired) electrons. The molecular weight excluding hydrogens is 332 g/mol. The molecule has 2 atom stereocenters. The summed E-state index contributed by atoms with van der Waals surface area (Å²) < 4.78 is 12.7. The smallest absolute Gasteiger partial charge is 0.130 e. The lowest BCUT2D eigenvalue weighted by Crippen LogP contribution is -2.19. The van der Waals surface area contributed by atoms with Crippen molar-refractivity contribution in [3.8, 4) is 11.5 Å². The molecule has 1 N–H and O–H groups in total. The first-order valence-corrected chi connectivity index (χ1v) is 7.84. The van der Waals surface area contributed by atoms with Gasteiger partial charge >= 0.3 is 0 Å². The van der Waals surface area contributed by atoms with Crippen LogP contribution in [-0.2, 0) is 0 Å². The number of benzene rings is 2. The molecule has 0 saturated carbocycles. The first-order chi connectivity index (χ1) is 10.2. The molecule has 0 fully saturated rings. The third kappa shape index (κ3) is 2.92. The Morgan fingerprint density at radius 1 is 1.24 bits per heavy atom. The predicted molar refractivity (Wildman–Crippen MR) is 84.7 cm³/mol. The number of aliphatic hydroxyl groups excluding tert-OH is 1.